The fraction of sp³-hybridized carbons (Fsp3) is 1.00. The van der Waals surface area contributed by atoms with Crippen molar-refractivity contribution in [3.63, 3.8) is 0 Å². The lowest BCUT2D eigenvalue weighted by atomic mass is 9.37. The van der Waals surface area contributed by atoms with Crippen LogP contribution in [0.5, 0.6) is 0 Å². The molecule has 16 aliphatic carbocycles. The van der Waals surface area contributed by atoms with Crippen molar-refractivity contribution in [2.45, 2.75) is 167 Å². The lowest BCUT2D eigenvalue weighted by Crippen LogP contribution is -2.62. The Morgan fingerprint density at radius 3 is 1.70 bits per heavy atom. The summed E-state index contributed by atoms with van der Waals surface area (Å²) in [7, 11) is 0. The van der Waals surface area contributed by atoms with Gasteiger partial charge in [-0.2, -0.15) is 0 Å². The second-order valence-corrected chi connectivity index (χ2v) is 30.2. The summed E-state index contributed by atoms with van der Waals surface area (Å²) in [6, 6.07) is 0. The van der Waals surface area contributed by atoms with E-state index in [9.17, 15) is 10.2 Å². The maximum atomic E-state index is 13.2. The average molecular weight is 871 g/mol. The molecule has 0 radical (unpaired) electrons. The largest absolute Gasteiger partial charge is 0.368 e. The Morgan fingerprint density at radius 2 is 0.859 bits per heavy atom. The van der Waals surface area contributed by atoms with Crippen LogP contribution in [0.1, 0.15) is 154 Å². The molecule has 2 N–H and O–H groups in total. The maximum absolute atomic E-state index is 13.2. The van der Waals surface area contributed by atoms with Gasteiger partial charge in [0.1, 0.15) is 0 Å². The van der Waals surface area contributed by atoms with Gasteiger partial charge in [0.25, 0.3) is 0 Å². The molecule has 22 aliphatic rings. The van der Waals surface area contributed by atoms with Gasteiger partial charge >= 0.3 is 0 Å². The lowest BCUT2D eigenvalue weighted by Gasteiger charge is -2.67. The molecule has 4 nitrogen and oxygen atoms in total. The van der Waals surface area contributed by atoms with Gasteiger partial charge < -0.3 is 19.7 Å². The highest BCUT2D eigenvalue weighted by Crippen LogP contribution is 2.92. The summed E-state index contributed by atoms with van der Waals surface area (Å²) in [5, 5.41) is 26.4. The van der Waals surface area contributed by atoms with Crippen molar-refractivity contribution < 1.29 is 19.7 Å². The van der Waals surface area contributed by atoms with Crippen molar-refractivity contribution in [2.24, 2.45) is 188 Å². The Labute approximate surface area is 386 Å². The Hall–Kier alpha value is -0.160. The van der Waals surface area contributed by atoms with Crippen LogP contribution in [0.4, 0.5) is 0 Å². The molecule has 0 aromatic rings. The standard InChI is InChI=1S/C60H86O4/c61-57-56-58(62)64-26-32-10-6-28(17-32)4-5-29-11-13-36-37(18-29)39-21-35-24-60(56)23-33-15-16-59-22-30(7-1-27-2-8-31(9-3-27)25-63-57)12-14-41(59)40-20-34-19-38(36)45-46(39)49-44(35)55(60)52-43(33)54(59)53-47(40)42(34)48(45)50(49)51(52)53/h27-58,61-62H,1-26H2/t27?,28?,29?,30?,31?,32?,33-,34+,35?,36-,37-,38?,39+,40?,41?,42+,43-,44-,45-,46+,47-,48+,49?,50?,51?,52-,53?,54-,55-,56?,57?,58?,59-,60+/m1/s1. The van der Waals surface area contributed by atoms with Crippen molar-refractivity contribution in [1.82, 2.24) is 0 Å². The normalized spacial score (nSPS) is 70.6. The molecular weight excluding hydrogens is 785 g/mol. The summed E-state index contributed by atoms with van der Waals surface area (Å²) in [5.74, 6) is 27.2. The monoisotopic (exact) mass is 871 g/mol. The van der Waals surface area contributed by atoms with Crippen molar-refractivity contribution in [2.75, 3.05) is 13.2 Å². The summed E-state index contributed by atoms with van der Waals surface area (Å²) in [5.41, 5.74) is 0.589. The number of fused-ring (bicyclic) bond motifs is 5. The molecule has 6 heterocycles. The summed E-state index contributed by atoms with van der Waals surface area (Å²) in [6.07, 6.45) is 33.5. The molecule has 22 fully saturated rings. The van der Waals surface area contributed by atoms with Crippen LogP contribution in [0.2, 0.25) is 0 Å². The van der Waals surface area contributed by atoms with Gasteiger partial charge in [0.15, 0.2) is 12.6 Å². The number of hydrogen-bond acceptors (Lipinski definition) is 4. The highest BCUT2D eigenvalue weighted by molar-refractivity contribution is 5.34. The zero-order valence-electron chi connectivity index (χ0n) is 39.6. The third kappa shape index (κ3) is 4.49. The molecule has 350 valence electrons. The van der Waals surface area contributed by atoms with Gasteiger partial charge in [-0.15, -0.1) is 0 Å². The first kappa shape index (κ1) is 38.6. The maximum Gasteiger partial charge on any atom is 0.162 e. The molecule has 6 aliphatic heterocycles. The van der Waals surface area contributed by atoms with Gasteiger partial charge in [0, 0.05) is 0 Å². The Balaban J connectivity index is 0.874. The summed E-state index contributed by atoms with van der Waals surface area (Å²) >= 11 is 0. The molecule has 64 heavy (non-hydrogen) atoms. The van der Waals surface area contributed by atoms with Crippen LogP contribution in [-0.2, 0) is 9.47 Å². The summed E-state index contributed by atoms with van der Waals surface area (Å²) in [6.45, 7) is 1.39. The first-order chi connectivity index (χ1) is 31.5. The molecule has 32 atom stereocenters. The Kier molecular flexibility index (Phi) is 7.85. The van der Waals surface area contributed by atoms with Gasteiger partial charge in [0.2, 0.25) is 0 Å². The molecule has 16 saturated carbocycles. The minimum atomic E-state index is -0.904. The molecule has 6 saturated heterocycles. The predicted octanol–water partition coefficient (Wildman–Crippen LogP) is 11.7. The second-order valence-electron chi connectivity index (χ2n) is 30.2. The van der Waals surface area contributed by atoms with E-state index in [1.165, 1.54) is 96.3 Å². The lowest BCUT2D eigenvalue weighted by molar-refractivity contribution is -0.282. The van der Waals surface area contributed by atoms with Crippen LogP contribution in [0.15, 0.2) is 0 Å². The first-order valence-electron chi connectivity index (χ1n) is 30.0. The Morgan fingerprint density at radius 1 is 0.312 bits per heavy atom. The molecule has 0 amide bonds. The molecule has 15 bridgehead atoms. The molecular formula is C60H86O4. The van der Waals surface area contributed by atoms with Gasteiger partial charge in [-0.1, -0.05) is 57.8 Å². The minimum Gasteiger partial charge on any atom is -0.368 e. The van der Waals surface area contributed by atoms with E-state index in [4.69, 9.17) is 9.47 Å². The molecule has 2 spiro atoms. The van der Waals surface area contributed by atoms with E-state index in [0.29, 0.717) is 36.4 Å². The second kappa shape index (κ2) is 13.0. The fourth-order valence-corrected chi connectivity index (χ4v) is 29.5. The van der Waals surface area contributed by atoms with Crippen LogP contribution in [-0.4, -0.2) is 36.0 Å². The van der Waals surface area contributed by atoms with Gasteiger partial charge in [-0.25, -0.2) is 0 Å². The quantitative estimate of drug-likeness (QED) is 0.255. The van der Waals surface area contributed by atoms with Crippen LogP contribution in [0.25, 0.3) is 0 Å². The van der Waals surface area contributed by atoms with Crippen LogP contribution < -0.4 is 0 Å². The van der Waals surface area contributed by atoms with Crippen LogP contribution >= 0.6 is 0 Å². The van der Waals surface area contributed by atoms with Crippen molar-refractivity contribution >= 4 is 0 Å². The van der Waals surface area contributed by atoms with Gasteiger partial charge in [-0.05, 0) is 279 Å². The predicted molar refractivity (Wildman–Crippen MR) is 244 cm³/mol. The molecule has 0 aromatic carbocycles. The van der Waals surface area contributed by atoms with E-state index in [2.05, 4.69) is 0 Å². The molecule has 0 aromatic heterocycles. The molecule has 22 rings (SSSR count). The van der Waals surface area contributed by atoms with Crippen LogP contribution in [0.3, 0.4) is 0 Å². The summed E-state index contributed by atoms with van der Waals surface area (Å²) in [4.78, 5) is 0. The van der Waals surface area contributed by atoms with Crippen molar-refractivity contribution in [1.29, 1.82) is 0 Å². The van der Waals surface area contributed by atoms with E-state index < -0.39 is 12.6 Å². The first-order valence-corrected chi connectivity index (χ1v) is 30.0. The van der Waals surface area contributed by atoms with E-state index >= 15 is 0 Å². The number of ether oxygens (including phenoxy) is 2. The van der Waals surface area contributed by atoms with Crippen molar-refractivity contribution in [3.05, 3.63) is 0 Å². The highest BCUT2D eigenvalue weighted by atomic mass is 16.6. The number of aliphatic hydroxyl groups excluding tert-OH is 2. The van der Waals surface area contributed by atoms with Crippen LogP contribution in [0, 0.1) is 188 Å². The van der Waals surface area contributed by atoms with E-state index in [0.717, 1.165) is 154 Å². The number of rotatable bonds is 0. The third-order valence-corrected chi connectivity index (χ3v) is 29.7. The minimum absolute atomic E-state index is 0.0453. The zero-order valence-corrected chi connectivity index (χ0v) is 39.6. The number of aliphatic hydroxyl groups is 2. The van der Waals surface area contributed by atoms with E-state index in [1.807, 2.05) is 0 Å². The molecule has 4 heteroatoms. The number of hydrogen-bond donors (Lipinski definition) is 2. The molecule has 15 unspecified atom stereocenters. The fourth-order valence-electron chi connectivity index (χ4n) is 29.5. The van der Waals surface area contributed by atoms with Gasteiger partial charge in [-0.3, -0.25) is 0 Å². The highest BCUT2D eigenvalue weighted by Gasteiger charge is 2.87. The smallest absolute Gasteiger partial charge is 0.162 e. The average Bonchev–Trinajstić information content (AvgIpc) is 4.14. The topological polar surface area (TPSA) is 58.9 Å². The summed E-state index contributed by atoms with van der Waals surface area (Å²) < 4.78 is 14.1. The third-order valence-electron chi connectivity index (χ3n) is 29.7. The zero-order chi connectivity index (χ0) is 41.3. The SMILES string of the molecule is OC1OCC2CCC(CC2)CCC2CCC3C4C[C@@H]5CC6[C@H]7[C@H]8C9C%10[C@H]%11C%12C[C@@H]([C@@H]%13CC(CCC%14CCC(COC(O)C1[C@]1(C%12)C[C@H]%12CC[C@]3(C2)[C@H]2C(C9[C@@H]([C@@H]%122)[C@@H]%111)[C@H]4[C@H]58)C%14)CC[C@@H]6%13)[C@H]%107. The van der Waals surface area contributed by atoms with E-state index in [1.54, 1.807) is 57.8 Å². The van der Waals surface area contributed by atoms with E-state index in [-0.39, 0.29) is 11.3 Å². The van der Waals surface area contributed by atoms with Gasteiger partial charge in [0.05, 0.1) is 19.1 Å². The Bertz CT molecular complexity index is 1940. The van der Waals surface area contributed by atoms with Crippen molar-refractivity contribution in [3.8, 4) is 0 Å².